The highest BCUT2D eigenvalue weighted by Crippen LogP contribution is 2.26. The molecule has 5 nitrogen and oxygen atoms in total. The van der Waals surface area contributed by atoms with Crippen molar-refractivity contribution in [2.75, 3.05) is 0 Å². The molecule has 0 saturated carbocycles. The molecule has 1 heterocycles. The molecule has 0 aliphatic heterocycles. The van der Waals surface area contributed by atoms with E-state index in [0.29, 0.717) is 17.4 Å². The third-order valence-corrected chi connectivity index (χ3v) is 4.24. The summed E-state index contributed by atoms with van der Waals surface area (Å²) in [7, 11) is 0. The van der Waals surface area contributed by atoms with E-state index in [2.05, 4.69) is 0 Å². The van der Waals surface area contributed by atoms with Crippen molar-refractivity contribution in [1.82, 2.24) is 0 Å². The maximum Gasteiger partial charge on any atom is 0.335 e. The average molecular weight is 338 g/mol. The summed E-state index contributed by atoms with van der Waals surface area (Å²) in [5.74, 6) is -1.20. The van der Waals surface area contributed by atoms with E-state index in [9.17, 15) is 14.4 Å². The van der Waals surface area contributed by atoms with Crippen molar-refractivity contribution in [3.05, 3.63) is 57.2 Å². The molecule has 1 N–H and O–H groups in total. The minimum Gasteiger partial charge on any atom is -0.478 e. The van der Waals surface area contributed by atoms with Crippen LogP contribution in [0, 0.1) is 0 Å². The van der Waals surface area contributed by atoms with Gasteiger partial charge in [0.25, 0.3) is 0 Å². The van der Waals surface area contributed by atoms with Crippen molar-refractivity contribution in [3.8, 4) is 0 Å². The predicted octanol–water partition coefficient (Wildman–Crippen LogP) is 4.19. The monoisotopic (exact) mass is 338 g/mol. The zero-order valence-corrected chi connectivity index (χ0v) is 14.1. The van der Waals surface area contributed by atoms with Gasteiger partial charge in [0, 0.05) is 6.42 Å². The van der Waals surface area contributed by atoms with E-state index in [-0.39, 0.29) is 33.3 Å². The molecule has 3 aromatic rings. The summed E-state index contributed by atoms with van der Waals surface area (Å²) in [6.45, 7) is 3.78. The highest BCUT2D eigenvalue weighted by Gasteiger charge is 2.17. The Morgan fingerprint density at radius 1 is 1.08 bits per heavy atom. The summed E-state index contributed by atoms with van der Waals surface area (Å²) in [4.78, 5) is 36.4. The number of hydrogen-bond donors (Lipinski definition) is 1. The molecule has 3 rings (SSSR count). The number of fused-ring (bicyclic) bond motifs is 2. The van der Waals surface area contributed by atoms with Crippen LogP contribution in [-0.2, 0) is 6.42 Å². The van der Waals surface area contributed by atoms with Crippen molar-refractivity contribution in [2.45, 2.75) is 33.1 Å². The van der Waals surface area contributed by atoms with Crippen LogP contribution in [0.25, 0.3) is 21.9 Å². The zero-order valence-electron chi connectivity index (χ0n) is 14.1. The minimum atomic E-state index is -1.11. The van der Waals surface area contributed by atoms with Gasteiger partial charge in [0.1, 0.15) is 11.2 Å². The van der Waals surface area contributed by atoms with Crippen molar-refractivity contribution in [2.24, 2.45) is 0 Å². The number of hydrogen-bond acceptors (Lipinski definition) is 4. The van der Waals surface area contributed by atoms with E-state index in [0.717, 1.165) is 18.4 Å². The fraction of sp³-hybridized carbons (Fsp3) is 0.250. The lowest BCUT2D eigenvalue weighted by molar-refractivity contribution is 0.0697. The Morgan fingerprint density at radius 2 is 1.84 bits per heavy atom. The summed E-state index contributed by atoms with van der Waals surface area (Å²) in [6.07, 6.45) is 1.93. The molecule has 0 fully saturated rings. The molecule has 0 radical (unpaired) electrons. The van der Waals surface area contributed by atoms with E-state index in [4.69, 9.17) is 9.52 Å². The number of carbonyl (C=O) groups excluding carboxylic acids is 1. The fourth-order valence-electron chi connectivity index (χ4n) is 2.98. The Morgan fingerprint density at radius 3 is 2.48 bits per heavy atom. The average Bonchev–Trinajstić information content (AvgIpc) is 2.61. The first-order valence-corrected chi connectivity index (χ1v) is 8.26. The SMILES string of the molecule is CCCc1cc(C(=O)CC)c2oc3ccc(C(=O)O)cc3c(=O)c2c1. The summed E-state index contributed by atoms with van der Waals surface area (Å²) >= 11 is 0. The third-order valence-electron chi connectivity index (χ3n) is 4.24. The van der Waals surface area contributed by atoms with Gasteiger partial charge in [0.05, 0.1) is 21.9 Å². The summed E-state index contributed by atoms with van der Waals surface area (Å²) < 4.78 is 5.84. The molecule has 25 heavy (non-hydrogen) atoms. The maximum atomic E-state index is 12.9. The van der Waals surface area contributed by atoms with Crippen molar-refractivity contribution in [3.63, 3.8) is 0 Å². The molecular weight excluding hydrogens is 320 g/mol. The third kappa shape index (κ3) is 2.93. The lowest BCUT2D eigenvalue weighted by Crippen LogP contribution is -2.08. The second-order valence-electron chi connectivity index (χ2n) is 5.99. The van der Waals surface area contributed by atoms with Crippen LogP contribution in [-0.4, -0.2) is 16.9 Å². The van der Waals surface area contributed by atoms with Gasteiger partial charge in [0.15, 0.2) is 5.78 Å². The lowest BCUT2D eigenvalue weighted by atomic mass is 9.98. The van der Waals surface area contributed by atoms with Crippen LogP contribution >= 0.6 is 0 Å². The van der Waals surface area contributed by atoms with Gasteiger partial charge in [-0.1, -0.05) is 20.3 Å². The second-order valence-corrected chi connectivity index (χ2v) is 5.99. The molecule has 5 heteroatoms. The van der Waals surface area contributed by atoms with Gasteiger partial charge in [0.2, 0.25) is 5.43 Å². The normalized spacial score (nSPS) is 11.1. The van der Waals surface area contributed by atoms with Crippen molar-refractivity contribution < 1.29 is 19.1 Å². The van der Waals surface area contributed by atoms with Crippen LogP contribution in [0.2, 0.25) is 0 Å². The van der Waals surface area contributed by atoms with Crippen LogP contribution in [0.4, 0.5) is 0 Å². The van der Waals surface area contributed by atoms with Gasteiger partial charge in [-0.25, -0.2) is 4.79 Å². The molecule has 0 atom stereocenters. The molecule has 0 unspecified atom stereocenters. The molecule has 0 aliphatic carbocycles. The number of aryl methyl sites for hydroxylation is 1. The minimum absolute atomic E-state index is 0.0220. The summed E-state index contributed by atoms with van der Waals surface area (Å²) in [6, 6.07) is 7.69. The number of ketones is 1. The standard InChI is InChI=1S/C20H18O5/c1-3-5-11-8-13(16(21)4-2)19-15(9-11)18(22)14-10-12(20(23)24)6-7-17(14)25-19/h6-10H,3-5H2,1-2H3,(H,23,24). The number of carboxylic acids is 1. The molecule has 0 aliphatic rings. The first-order valence-electron chi connectivity index (χ1n) is 8.26. The zero-order chi connectivity index (χ0) is 18.1. The number of carbonyl (C=O) groups is 2. The number of benzene rings is 2. The van der Waals surface area contributed by atoms with Gasteiger partial charge in [-0.15, -0.1) is 0 Å². The molecular formula is C20H18O5. The molecule has 0 bridgehead atoms. The molecule has 0 amide bonds. The highest BCUT2D eigenvalue weighted by molar-refractivity contribution is 6.08. The lowest BCUT2D eigenvalue weighted by Gasteiger charge is -2.09. The van der Waals surface area contributed by atoms with E-state index < -0.39 is 5.97 Å². The largest absolute Gasteiger partial charge is 0.478 e. The van der Waals surface area contributed by atoms with E-state index in [1.54, 1.807) is 19.1 Å². The van der Waals surface area contributed by atoms with Crippen LogP contribution in [0.5, 0.6) is 0 Å². The van der Waals surface area contributed by atoms with Gasteiger partial charge in [-0.2, -0.15) is 0 Å². The van der Waals surface area contributed by atoms with Gasteiger partial charge in [-0.05, 0) is 42.3 Å². The Kier molecular flexibility index (Phi) is 4.40. The van der Waals surface area contributed by atoms with Crippen molar-refractivity contribution in [1.29, 1.82) is 0 Å². The number of carboxylic acid groups (broad SMARTS) is 1. The molecule has 0 saturated heterocycles. The van der Waals surface area contributed by atoms with Gasteiger partial charge in [-0.3, -0.25) is 9.59 Å². The summed E-state index contributed by atoms with van der Waals surface area (Å²) in [5, 5.41) is 9.66. The second kappa shape index (κ2) is 6.51. The first kappa shape index (κ1) is 16.9. The quantitative estimate of drug-likeness (QED) is 0.557. The van der Waals surface area contributed by atoms with Crippen LogP contribution in [0.1, 0.15) is 53.0 Å². The van der Waals surface area contributed by atoms with Gasteiger partial charge < -0.3 is 9.52 Å². The Labute approximate surface area is 143 Å². The van der Waals surface area contributed by atoms with Gasteiger partial charge >= 0.3 is 5.97 Å². The molecule has 0 spiro atoms. The molecule has 2 aromatic carbocycles. The predicted molar refractivity (Wildman–Crippen MR) is 95.6 cm³/mol. The first-order chi connectivity index (χ1) is 12.0. The topological polar surface area (TPSA) is 84.6 Å². The fourth-order valence-corrected chi connectivity index (χ4v) is 2.98. The van der Waals surface area contributed by atoms with E-state index >= 15 is 0 Å². The Bertz CT molecular complexity index is 1060. The Balaban J connectivity index is 2.43. The van der Waals surface area contributed by atoms with Crippen LogP contribution in [0.3, 0.4) is 0 Å². The summed E-state index contributed by atoms with van der Waals surface area (Å²) in [5.41, 5.74) is 1.55. The van der Waals surface area contributed by atoms with E-state index in [1.165, 1.54) is 18.2 Å². The maximum absolute atomic E-state index is 12.9. The number of Topliss-reactive ketones (excluding diaryl/α,β-unsaturated/α-hetero) is 1. The van der Waals surface area contributed by atoms with Crippen molar-refractivity contribution >= 4 is 33.7 Å². The van der Waals surface area contributed by atoms with Crippen LogP contribution < -0.4 is 5.43 Å². The molecule has 1 aromatic heterocycles. The smallest absolute Gasteiger partial charge is 0.335 e. The molecule has 128 valence electrons. The van der Waals surface area contributed by atoms with Crippen LogP contribution in [0.15, 0.2) is 39.5 Å². The highest BCUT2D eigenvalue weighted by atomic mass is 16.4. The van der Waals surface area contributed by atoms with E-state index in [1.807, 2.05) is 6.92 Å². The number of aromatic carboxylic acids is 1. The Hall–Kier alpha value is -2.95. The number of rotatable bonds is 5.